The Labute approximate surface area is 120 Å². The zero-order valence-electron chi connectivity index (χ0n) is 12.0. The van der Waals surface area contributed by atoms with Crippen LogP contribution in [-0.2, 0) is 6.42 Å². The minimum Gasteiger partial charge on any atom is -0.468 e. The quantitative estimate of drug-likeness (QED) is 0.903. The Morgan fingerprint density at radius 3 is 3.00 bits per heavy atom. The highest BCUT2D eigenvalue weighted by Gasteiger charge is 2.16. The Kier molecular flexibility index (Phi) is 4.07. The van der Waals surface area contributed by atoms with Crippen LogP contribution in [0, 0.1) is 0 Å². The summed E-state index contributed by atoms with van der Waals surface area (Å²) in [6.45, 7) is 5.31. The van der Waals surface area contributed by atoms with Gasteiger partial charge >= 0.3 is 0 Å². The molecule has 2 heterocycles. The molecular weight excluding hydrogens is 248 g/mol. The zero-order valence-corrected chi connectivity index (χ0v) is 12.0. The van der Waals surface area contributed by atoms with Gasteiger partial charge in [0.2, 0.25) is 0 Å². The fraction of sp³-hybridized carbons (Fsp3) is 0.412. The number of nitrogens with one attached hydrogen (secondary N) is 1. The van der Waals surface area contributed by atoms with E-state index in [1.807, 2.05) is 12.1 Å². The number of aryl methyl sites for hydroxylation is 1. The lowest BCUT2D eigenvalue weighted by molar-refractivity contribution is 0.432. The lowest BCUT2D eigenvalue weighted by Crippen LogP contribution is -2.36. The van der Waals surface area contributed by atoms with E-state index in [1.54, 1.807) is 6.26 Å². The molecule has 0 aliphatic carbocycles. The summed E-state index contributed by atoms with van der Waals surface area (Å²) in [6, 6.07) is 13.0. The first-order chi connectivity index (χ1) is 9.84. The van der Waals surface area contributed by atoms with Crippen LogP contribution in [0.15, 0.2) is 47.1 Å². The third-order valence-corrected chi connectivity index (χ3v) is 4.01. The van der Waals surface area contributed by atoms with Crippen LogP contribution in [0.3, 0.4) is 0 Å². The van der Waals surface area contributed by atoms with Gasteiger partial charge in [-0.25, -0.2) is 0 Å². The van der Waals surface area contributed by atoms with Crippen molar-refractivity contribution < 1.29 is 4.42 Å². The van der Waals surface area contributed by atoms with Crippen molar-refractivity contribution in [1.29, 1.82) is 0 Å². The van der Waals surface area contributed by atoms with Gasteiger partial charge in [-0.1, -0.05) is 18.2 Å². The minimum absolute atomic E-state index is 0.269. The van der Waals surface area contributed by atoms with E-state index in [1.165, 1.54) is 24.1 Å². The molecule has 1 unspecified atom stereocenters. The summed E-state index contributed by atoms with van der Waals surface area (Å²) in [5, 5.41) is 3.53. The lowest BCUT2D eigenvalue weighted by Gasteiger charge is -2.31. The zero-order chi connectivity index (χ0) is 13.8. The van der Waals surface area contributed by atoms with Gasteiger partial charge in [0.25, 0.3) is 0 Å². The molecule has 3 rings (SSSR count). The van der Waals surface area contributed by atoms with E-state index in [9.17, 15) is 0 Å². The third kappa shape index (κ3) is 2.88. The topological polar surface area (TPSA) is 28.4 Å². The highest BCUT2D eigenvalue weighted by molar-refractivity contribution is 5.55. The number of anilines is 1. The van der Waals surface area contributed by atoms with Crippen LogP contribution in [0.2, 0.25) is 0 Å². The highest BCUT2D eigenvalue weighted by Crippen LogP contribution is 2.26. The maximum Gasteiger partial charge on any atom is 0.120 e. The summed E-state index contributed by atoms with van der Waals surface area (Å²) < 4.78 is 5.42. The van der Waals surface area contributed by atoms with E-state index in [4.69, 9.17) is 4.42 Å². The van der Waals surface area contributed by atoms with Gasteiger partial charge in [-0.3, -0.25) is 0 Å². The summed E-state index contributed by atoms with van der Waals surface area (Å²) in [5.74, 6) is 1.00. The molecular formula is C17H22N2O. The fourth-order valence-corrected chi connectivity index (χ4v) is 2.90. The van der Waals surface area contributed by atoms with Crippen molar-refractivity contribution >= 4 is 5.69 Å². The van der Waals surface area contributed by atoms with Crippen molar-refractivity contribution in [1.82, 2.24) is 5.32 Å². The average molecular weight is 270 g/mol. The van der Waals surface area contributed by atoms with Crippen molar-refractivity contribution in [3.63, 3.8) is 0 Å². The maximum atomic E-state index is 5.42. The molecule has 106 valence electrons. The van der Waals surface area contributed by atoms with E-state index in [0.717, 1.165) is 25.4 Å². The van der Waals surface area contributed by atoms with Gasteiger partial charge in [-0.2, -0.15) is 0 Å². The number of benzene rings is 1. The molecule has 1 aromatic heterocycles. The van der Waals surface area contributed by atoms with Crippen LogP contribution in [0.1, 0.15) is 30.7 Å². The van der Waals surface area contributed by atoms with Gasteiger partial charge in [0.05, 0.1) is 12.3 Å². The number of hydrogen-bond donors (Lipinski definition) is 1. The van der Waals surface area contributed by atoms with Crippen LogP contribution < -0.4 is 10.2 Å². The first-order valence-electron chi connectivity index (χ1n) is 7.44. The normalized spacial score (nSPS) is 15.9. The SMILES string of the molecule is CC(NCCN1CCCc2ccccc21)c1ccco1. The molecule has 1 atom stereocenters. The summed E-state index contributed by atoms with van der Waals surface area (Å²) >= 11 is 0. The smallest absolute Gasteiger partial charge is 0.120 e. The molecule has 3 nitrogen and oxygen atoms in total. The first kappa shape index (κ1) is 13.3. The lowest BCUT2D eigenvalue weighted by atomic mass is 10.0. The minimum atomic E-state index is 0.269. The molecule has 0 spiro atoms. The molecule has 1 aliphatic heterocycles. The standard InChI is InChI=1S/C17H22N2O/c1-14(17-9-5-13-20-17)18-10-12-19-11-4-7-15-6-2-3-8-16(15)19/h2-3,5-6,8-9,13-14,18H,4,7,10-12H2,1H3. The second-order valence-electron chi connectivity index (χ2n) is 5.41. The van der Waals surface area contributed by atoms with Gasteiger partial charge in [-0.15, -0.1) is 0 Å². The molecule has 1 aromatic carbocycles. The number of hydrogen-bond acceptors (Lipinski definition) is 3. The number of para-hydroxylation sites is 1. The van der Waals surface area contributed by atoms with E-state index >= 15 is 0 Å². The molecule has 0 fully saturated rings. The molecule has 20 heavy (non-hydrogen) atoms. The summed E-state index contributed by atoms with van der Waals surface area (Å²) in [7, 11) is 0. The number of fused-ring (bicyclic) bond motifs is 1. The molecule has 1 aliphatic rings. The molecule has 3 heteroatoms. The van der Waals surface area contributed by atoms with Crippen LogP contribution in [0.5, 0.6) is 0 Å². The van der Waals surface area contributed by atoms with Crippen LogP contribution in [0.25, 0.3) is 0 Å². The fourth-order valence-electron chi connectivity index (χ4n) is 2.90. The van der Waals surface area contributed by atoms with Crippen molar-refractivity contribution in [2.24, 2.45) is 0 Å². The van der Waals surface area contributed by atoms with Gasteiger partial charge in [0.1, 0.15) is 5.76 Å². The van der Waals surface area contributed by atoms with Gasteiger partial charge < -0.3 is 14.6 Å². The van der Waals surface area contributed by atoms with Gasteiger partial charge in [0, 0.05) is 25.3 Å². The second kappa shape index (κ2) is 6.14. The van der Waals surface area contributed by atoms with E-state index in [0.29, 0.717) is 0 Å². The summed E-state index contributed by atoms with van der Waals surface area (Å²) in [5.41, 5.74) is 2.89. The number of nitrogens with zero attached hydrogens (tertiary/aromatic N) is 1. The van der Waals surface area contributed by atoms with Gasteiger partial charge in [-0.05, 0) is 43.5 Å². The van der Waals surface area contributed by atoms with E-state index in [2.05, 4.69) is 41.4 Å². The first-order valence-corrected chi connectivity index (χ1v) is 7.44. The molecule has 1 N–H and O–H groups in total. The highest BCUT2D eigenvalue weighted by atomic mass is 16.3. The van der Waals surface area contributed by atoms with Gasteiger partial charge in [0.15, 0.2) is 0 Å². The Morgan fingerprint density at radius 2 is 2.15 bits per heavy atom. The third-order valence-electron chi connectivity index (χ3n) is 4.01. The number of rotatable bonds is 5. The average Bonchev–Trinajstić information content (AvgIpc) is 3.02. The van der Waals surface area contributed by atoms with Crippen LogP contribution >= 0.6 is 0 Å². The summed E-state index contributed by atoms with van der Waals surface area (Å²) in [6.07, 6.45) is 4.20. The summed E-state index contributed by atoms with van der Waals surface area (Å²) in [4.78, 5) is 2.49. The van der Waals surface area contributed by atoms with E-state index in [-0.39, 0.29) is 6.04 Å². The second-order valence-corrected chi connectivity index (χ2v) is 5.41. The van der Waals surface area contributed by atoms with Crippen LogP contribution in [0.4, 0.5) is 5.69 Å². The molecule has 2 aromatic rings. The van der Waals surface area contributed by atoms with Crippen molar-refractivity contribution in [2.75, 3.05) is 24.5 Å². The Balaban J connectivity index is 1.55. The molecule has 0 saturated carbocycles. The molecule has 0 bridgehead atoms. The Morgan fingerprint density at radius 1 is 1.25 bits per heavy atom. The molecule has 0 saturated heterocycles. The molecule has 0 radical (unpaired) electrons. The predicted molar refractivity (Wildman–Crippen MR) is 82.1 cm³/mol. The Hall–Kier alpha value is -1.74. The molecule has 0 amide bonds. The maximum absolute atomic E-state index is 5.42. The van der Waals surface area contributed by atoms with Crippen molar-refractivity contribution in [3.05, 3.63) is 54.0 Å². The van der Waals surface area contributed by atoms with Crippen molar-refractivity contribution in [3.8, 4) is 0 Å². The number of furan rings is 1. The van der Waals surface area contributed by atoms with E-state index < -0.39 is 0 Å². The largest absolute Gasteiger partial charge is 0.468 e. The Bertz CT molecular complexity index is 536. The van der Waals surface area contributed by atoms with Crippen LogP contribution in [-0.4, -0.2) is 19.6 Å². The van der Waals surface area contributed by atoms with Crippen molar-refractivity contribution in [2.45, 2.75) is 25.8 Å². The monoisotopic (exact) mass is 270 g/mol. The predicted octanol–water partition coefficient (Wildman–Crippen LogP) is 3.38.